The van der Waals surface area contributed by atoms with Crippen molar-refractivity contribution in [1.29, 1.82) is 5.41 Å². The number of ether oxygens (including phenoxy) is 4. The highest BCUT2D eigenvalue weighted by atomic mass is 35.6. The van der Waals surface area contributed by atoms with Crippen LogP contribution in [0.25, 0.3) is 10.4 Å². The molecule has 1 aliphatic rings. The van der Waals surface area contributed by atoms with E-state index in [9.17, 15) is 9.59 Å². The summed E-state index contributed by atoms with van der Waals surface area (Å²) in [6.45, 7) is -0.302. The normalized spacial score (nSPS) is 21.7. The van der Waals surface area contributed by atoms with Crippen molar-refractivity contribution in [1.82, 2.24) is 0 Å². The van der Waals surface area contributed by atoms with Crippen molar-refractivity contribution in [3.63, 3.8) is 0 Å². The number of alkyl halides is 3. The fourth-order valence-corrected chi connectivity index (χ4v) is 3.17. The molecule has 1 N–H and O–H groups in total. The molecule has 4 atom stereocenters. The van der Waals surface area contributed by atoms with E-state index in [1.54, 1.807) is 36.4 Å². The van der Waals surface area contributed by atoms with Gasteiger partial charge in [0.05, 0.1) is 17.7 Å². The van der Waals surface area contributed by atoms with Crippen LogP contribution in [-0.4, -0.2) is 52.8 Å². The third-order valence-electron chi connectivity index (χ3n) is 4.59. The van der Waals surface area contributed by atoms with E-state index in [0.717, 1.165) is 0 Å². The highest BCUT2D eigenvalue weighted by Crippen LogP contribution is 2.34. The Balaban J connectivity index is 1.92. The standard InChI is InChI=1S/C21H17Cl3N4O6/c22-21(23,24)20(25)34-19-16(33-18(30)13-9-5-2-6-10-13)15(14(31-19)11-27-28-26)32-17(29)12-7-3-1-4-8-12/h1-10,14-16,19,25H,11H2/t14-,15+,16?,19+/m1/s1. The van der Waals surface area contributed by atoms with Crippen molar-refractivity contribution in [3.8, 4) is 0 Å². The van der Waals surface area contributed by atoms with Crippen molar-refractivity contribution < 1.29 is 28.5 Å². The summed E-state index contributed by atoms with van der Waals surface area (Å²) in [5, 5.41) is 11.3. The molecule has 1 aliphatic heterocycles. The maximum absolute atomic E-state index is 12.8. The van der Waals surface area contributed by atoms with E-state index in [1.165, 1.54) is 24.3 Å². The summed E-state index contributed by atoms with van der Waals surface area (Å²) in [4.78, 5) is 28.2. The molecule has 2 aromatic rings. The van der Waals surface area contributed by atoms with Gasteiger partial charge >= 0.3 is 11.9 Å². The summed E-state index contributed by atoms with van der Waals surface area (Å²) in [7, 11) is 0. The van der Waals surface area contributed by atoms with Gasteiger partial charge in [-0.3, -0.25) is 5.41 Å². The summed E-state index contributed by atoms with van der Waals surface area (Å²) in [6.07, 6.45) is -5.28. The molecule has 1 saturated heterocycles. The Kier molecular flexibility index (Phi) is 8.60. The van der Waals surface area contributed by atoms with E-state index in [2.05, 4.69) is 10.0 Å². The first-order valence-electron chi connectivity index (χ1n) is 9.71. The van der Waals surface area contributed by atoms with Crippen LogP contribution in [0.3, 0.4) is 0 Å². The van der Waals surface area contributed by atoms with Crippen molar-refractivity contribution >= 4 is 52.6 Å². The molecule has 0 amide bonds. The molecule has 0 spiro atoms. The minimum Gasteiger partial charge on any atom is -0.452 e. The fraction of sp³-hybridized carbons (Fsp3) is 0.286. The van der Waals surface area contributed by atoms with Gasteiger partial charge in [-0.1, -0.05) is 76.3 Å². The lowest BCUT2D eigenvalue weighted by Crippen LogP contribution is -2.43. The number of benzene rings is 2. The van der Waals surface area contributed by atoms with Crippen molar-refractivity contribution in [3.05, 3.63) is 82.2 Å². The quantitative estimate of drug-likeness (QED) is 0.104. The second-order valence-corrected chi connectivity index (χ2v) is 9.15. The molecule has 13 heteroatoms. The van der Waals surface area contributed by atoms with Crippen LogP contribution in [0.1, 0.15) is 20.7 Å². The SMILES string of the molecule is [N-]=[N+]=NC[C@H]1O[C@@H](OC(=N)C(Cl)(Cl)Cl)C(OC(=O)c2ccccc2)[C@H]1OC(=O)c1ccccc1. The molecular weight excluding hydrogens is 511 g/mol. The van der Waals surface area contributed by atoms with Crippen LogP contribution in [-0.2, 0) is 18.9 Å². The van der Waals surface area contributed by atoms with Gasteiger partial charge in [0, 0.05) is 4.91 Å². The molecule has 10 nitrogen and oxygen atoms in total. The first kappa shape index (κ1) is 25.6. The number of azide groups is 1. The van der Waals surface area contributed by atoms with Crippen molar-refractivity contribution in [2.45, 2.75) is 28.4 Å². The summed E-state index contributed by atoms with van der Waals surface area (Å²) >= 11 is 17.1. The second-order valence-electron chi connectivity index (χ2n) is 6.87. The second kappa shape index (κ2) is 11.4. The zero-order valence-electron chi connectivity index (χ0n) is 17.2. The van der Waals surface area contributed by atoms with Gasteiger partial charge in [0.25, 0.3) is 3.79 Å². The molecule has 2 aromatic carbocycles. The molecule has 1 fully saturated rings. The molecule has 1 heterocycles. The lowest BCUT2D eigenvalue weighted by atomic mass is 10.1. The fourth-order valence-electron chi connectivity index (χ4n) is 3.03. The van der Waals surface area contributed by atoms with Gasteiger partial charge in [-0.05, 0) is 29.8 Å². The first-order chi connectivity index (χ1) is 16.2. The van der Waals surface area contributed by atoms with Gasteiger partial charge in [0.15, 0.2) is 6.10 Å². The first-order valence-corrected chi connectivity index (χ1v) is 10.8. The summed E-state index contributed by atoms with van der Waals surface area (Å²) < 4.78 is 19.9. The van der Waals surface area contributed by atoms with E-state index >= 15 is 0 Å². The van der Waals surface area contributed by atoms with Gasteiger partial charge in [0.1, 0.15) is 6.10 Å². The average molecular weight is 528 g/mol. The van der Waals surface area contributed by atoms with E-state index in [1.807, 2.05) is 0 Å². The van der Waals surface area contributed by atoms with Crippen LogP contribution in [0.4, 0.5) is 0 Å². The summed E-state index contributed by atoms with van der Waals surface area (Å²) in [6, 6.07) is 16.0. The Morgan fingerprint density at radius 2 is 1.44 bits per heavy atom. The van der Waals surface area contributed by atoms with Gasteiger partial charge < -0.3 is 18.9 Å². The van der Waals surface area contributed by atoms with Crippen LogP contribution in [0.2, 0.25) is 0 Å². The van der Waals surface area contributed by atoms with Crippen LogP contribution in [0.15, 0.2) is 65.8 Å². The van der Waals surface area contributed by atoms with Crippen molar-refractivity contribution in [2.24, 2.45) is 5.11 Å². The third-order valence-corrected chi connectivity index (χ3v) is 5.10. The van der Waals surface area contributed by atoms with E-state index < -0.39 is 46.2 Å². The molecule has 0 bridgehead atoms. The Morgan fingerprint density at radius 3 is 1.91 bits per heavy atom. The molecule has 178 valence electrons. The zero-order valence-corrected chi connectivity index (χ0v) is 19.5. The van der Waals surface area contributed by atoms with Gasteiger partial charge in [-0.2, -0.15) is 0 Å². The molecule has 1 unspecified atom stereocenters. The monoisotopic (exact) mass is 526 g/mol. The largest absolute Gasteiger partial charge is 0.452 e. The highest BCUT2D eigenvalue weighted by Gasteiger charge is 2.52. The predicted octanol–water partition coefficient (Wildman–Crippen LogP) is 4.84. The number of nitrogens with zero attached hydrogens (tertiary/aromatic N) is 3. The van der Waals surface area contributed by atoms with E-state index in [4.69, 9.17) is 64.7 Å². The van der Waals surface area contributed by atoms with Crippen LogP contribution in [0.5, 0.6) is 0 Å². The summed E-state index contributed by atoms with van der Waals surface area (Å²) in [5.74, 6) is -2.35. The number of esters is 2. The van der Waals surface area contributed by atoms with Gasteiger partial charge in [-0.25, -0.2) is 9.59 Å². The number of hydrogen-bond acceptors (Lipinski definition) is 8. The van der Waals surface area contributed by atoms with Gasteiger partial charge in [0.2, 0.25) is 18.3 Å². The Hall–Kier alpha value is -3.01. The number of nitrogens with one attached hydrogen (secondary N) is 1. The molecule has 0 aliphatic carbocycles. The molecule has 0 aromatic heterocycles. The van der Waals surface area contributed by atoms with E-state index in [0.29, 0.717) is 0 Å². The number of halogens is 3. The predicted molar refractivity (Wildman–Crippen MR) is 123 cm³/mol. The highest BCUT2D eigenvalue weighted by molar-refractivity contribution is 6.76. The molecule has 34 heavy (non-hydrogen) atoms. The average Bonchev–Trinajstić information content (AvgIpc) is 3.13. The lowest BCUT2D eigenvalue weighted by molar-refractivity contribution is -0.120. The van der Waals surface area contributed by atoms with Crippen molar-refractivity contribution in [2.75, 3.05) is 6.54 Å². The van der Waals surface area contributed by atoms with Gasteiger partial charge in [-0.15, -0.1) is 0 Å². The minimum atomic E-state index is -2.24. The Labute approximate surface area is 208 Å². The maximum Gasteiger partial charge on any atom is 0.338 e. The molecule has 0 saturated carbocycles. The smallest absolute Gasteiger partial charge is 0.338 e. The number of carbonyl (C=O) groups excluding carboxylic acids is 2. The summed E-state index contributed by atoms with van der Waals surface area (Å²) in [5.41, 5.74) is 9.16. The lowest BCUT2D eigenvalue weighted by Gasteiger charge is -2.25. The van der Waals surface area contributed by atoms with Crippen LogP contribution in [0, 0.1) is 5.41 Å². The topological polar surface area (TPSA) is 144 Å². The zero-order chi connectivity index (χ0) is 24.7. The number of carbonyl (C=O) groups is 2. The molecule has 0 radical (unpaired) electrons. The minimum absolute atomic E-state index is 0.198. The maximum atomic E-state index is 12.8. The molecule has 3 rings (SSSR count). The molecular formula is C21H17Cl3N4O6. The Bertz CT molecular complexity index is 1080. The third kappa shape index (κ3) is 6.53. The number of rotatable bonds is 7. The van der Waals surface area contributed by atoms with Crippen LogP contribution < -0.4 is 0 Å². The Morgan fingerprint density at radius 1 is 0.941 bits per heavy atom. The van der Waals surface area contributed by atoms with E-state index in [-0.39, 0.29) is 17.7 Å². The van der Waals surface area contributed by atoms with Crippen LogP contribution >= 0.6 is 34.8 Å². The number of hydrogen-bond donors (Lipinski definition) is 1.